The maximum Gasteiger partial charge on any atom is 0.419 e. The zero-order valence-corrected chi connectivity index (χ0v) is 15.4. The zero-order valence-electron chi connectivity index (χ0n) is 15.4. The maximum absolute atomic E-state index is 13.4. The van der Waals surface area contributed by atoms with E-state index in [-0.39, 0.29) is 24.3 Å². The molecule has 154 valence electrons. The van der Waals surface area contributed by atoms with E-state index in [1.165, 1.54) is 23.2 Å². The summed E-state index contributed by atoms with van der Waals surface area (Å²) in [7, 11) is 0. The Hall–Kier alpha value is -3.69. The summed E-state index contributed by atoms with van der Waals surface area (Å²) in [5, 5.41) is 3.64. The lowest BCUT2D eigenvalue weighted by Gasteiger charge is -2.10. The van der Waals surface area contributed by atoms with Crippen LogP contribution in [0.1, 0.15) is 27.2 Å². The van der Waals surface area contributed by atoms with E-state index in [1.54, 1.807) is 12.4 Å². The molecule has 0 aliphatic carbocycles. The molecule has 1 amide bonds. The van der Waals surface area contributed by atoms with Gasteiger partial charge in [-0.2, -0.15) is 13.2 Å². The number of imidazole rings is 1. The molecule has 4 rings (SSSR count). The number of pyridine rings is 1. The van der Waals surface area contributed by atoms with Crippen molar-refractivity contribution in [2.75, 3.05) is 0 Å². The second kappa shape index (κ2) is 7.62. The summed E-state index contributed by atoms with van der Waals surface area (Å²) in [5.74, 6) is -1.76. The van der Waals surface area contributed by atoms with E-state index in [4.69, 9.17) is 0 Å². The van der Waals surface area contributed by atoms with Crippen molar-refractivity contribution < 1.29 is 22.4 Å². The topological polar surface area (TPSA) is 75.6 Å². The number of aromatic amines is 1. The highest BCUT2D eigenvalue weighted by Gasteiger charge is 2.34. The van der Waals surface area contributed by atoms with Crippen LogP contribution in [0.25, 0.3) is 11.0 Å². The zero-order chi connectivity index (χ0) is 21.3. The van der Waals surface area contributed by atoms with E-state index in [0.717, 1.165) is 28.7 Å². The SMILES string of the molecule is O=C(NCc1cnc2[nH]ccc2c1)c1cn(Cc2ccc(F)c(C(F)(F)F)c2)cn1. The summed E-state index contributed by atoms with van der Waals surface area (Å²) < 4.78 is 53.4. The molecule has 0 saturated heterocycles. The summed E-state index contributed by atoms with van der Waals surface area (Å²) in [6.45, 7) is 0.254. The van der Waals surface area contributed by atoms with Crippen LogP contribution in [0.5, 0.6) is 0 Å². The van der Waals surface area contributed by atoms with Crippen molar-refractivity contribution in [3.05, 3.63) is 83.5 Å². The van der Waals surface area contributed by atoms with Gasteiger partial charge in [-0.15, -0.1) is 0 Å². The van der Waals surface area contributed by atoms with Crippen LogP contribution in [-0.2, 0) is 19.3 Å². The first-order valence-corrected chi connectivity index (χ1v) is 8.87. The van der Waals surface area contributed by atoms with E-state index in [1.807, 2.05) is 12.1 Å². The Morgan fingerprint density at radius 1 is 1.13 bits per heavy atom. The first-order valence-electron chi connectivity index (χ1n) is 8.87. The van der Waals surface area contributed by atoms with Crippen LogP contribution in [0, 0.1) is 5.82 Å². The van der Waals surface area contributed by atoms with Gasteiger partial charge in [0, 0.05) is 37.1 Å². The Bertz CT molecular complexity index is 1210. The highest BCUT2D eigenvalue weighted by Crippen LogP contribution is 2.32. The third-order valence-corrected chi connectivity index (χ3v) is 4.48. The lowest BCUT2D eigenvalue weighted by molar-refractivity contribution is -0.140. The lowest BCUT2D eigenvalue weighted by atomic mass is 10.1. The average molecular weight is 417 g/mol. The van der Waals surface area contributed by atoms with Crippen LogP contribution >= 0.6 is 0 Å². The summed E-state index contributed by atoms with van der Waals surface area (Å²) in [6, 6.07) is 6.55. The number of alkyl halides is 3. The highest BCUT2D eigenvalue weighted by molar-refractivity contribution is 5.92. The van der Waals surface area contributed by atoms with Gasteiger partial charge in [0.25, 0.3) is 5.91 Å². The minimum absolute atomic E-state index is 0.0116. The van der Waals surface area contributed by atoms with Crippen molar-refractivity contribution in [2.45, 2.75) is 19.3 Å². The molecule has 0 radical (unpaired) electrons. The summed E-state index contributed by atoms with van der Waals surface area (Å²) in [5.41, 5.74) is 0.577. The van der Waals surface area contributed by atoms with Crippen LogP contribution in [0.3, 0.4) is 0 Å². The van der Waals surface area contributed by atoms with E-state index in [2.05, 4.69) is 20.3 Å². The molecule has 0 unspecified atom stereocenters. The predicted molar refractivity (Wildman–Crippen MR) is 100.0 cm³/mol. The fraction of sp³-hybridized carbons (Fsp3) is 0.150. The number of benzene rings is 1. The molecule has 10 heteroatoms. The predicted octanol–water partition coefficient (Wildman–Crippen LogP) is 3.90. The number of hydrogen-bond donors (Lipinski definition) is 2. The number of carbonyl (C=O) groups is 1. The van der Waals surface area contributed by atoms with Crippen LogP contribution in [0.15, 0.2) is 55.2 Å². The van der Waals surface area contributed by atoms with Crippen molar-refractivity contribution in [1.82, 2.24) is 24.8 Å². The number of aromatic nitrogens is 4. The average Bonchev–Trinajstić information content (AvgIpc) is 3.35. The molecular formula is C20H15F4N5O. The van der Waals surface area contributed by atoms with E-state index < -0.39 is 23.5 Å². The Kier molecular flexibility index (Phi) is 4.98. The molecule has 30 heavy (non-hydrogen) atoms. The third-order valence-electron chi connectivity index (χ3n) is 4.48. The standard InChI is InChI=1S/C20H15F4N5O/c21-16-2-1-12(6-15(16)20(22,23)24)9-29-10-17(28-11-29)19(30)27-8-13-5-14-3-4-25-18(14)26-7-13/h1-7,10-11H,8-9H2,(H,25,26)(H,27,30). The van der Waals surface area contributed by atoms with Crippen molar-refractivity contribution >= 4 is 16.9 Å². The number of rotatable bonds is 5. The van der Waals surface area contributed by atoms with Crippen LogP contribution in [-0.4, -0.2) is 25.4 Å². The van der Waals surface area contributed by atoms with E-state index in [0.29, 0.717) is 0 Å². The molecular weight excluding hydrogens is 402 g/mol. The molecule has 0 spiro atoms. The van der Waals surface area contributed by atoms with Gasteiger partial charge in [-0.25, -0.2) is 14.4 Å². The Morgan fingerprint density at radius 2 is 1.97 bits per heavy atom. The molecule has 6 nitrogen and oxygen atoms in total. The largest absolute Gasteiger partial charge is 0.419 e. The molecule has 0 aliphatic heterocycles. The Morgan fingerprint density at radius 3 is 2.77 bits per heavy atom. The van der Waals surface area contributed by atoms with E-state index in [9.17, 15) is 22.4 Å². The number of halogens is 4. The minimum Gasteiger partial charge on any atom is -0.347 e. The maximum atomic E-state index is 13.4. The number of fused-ring (bicyclic) bond motifs is 1. The van der Waals surface area contributed by atoms with Crippen LogP contribution < -0.4 is 5.32 Å². The first kappa shape index (κ1) is 19.6. The normalized spacial score (nSPS) is 11.7. The van der Waals surface area contributed by atoms with Gasteiger partial charge in [-0.1, -0.05) is 6.07 Å². The molecule has 0 fully saturated rings. The number of carbonyl (C=O) groups excluding carboxylic acids is 1. The molecule has 4 aromatic rings. The number of nitrogens with one attached hydrogen (secondary N) is 2. The fourth-order valence-corrected chi connectivity index (χ4v) is 3.02. The number of hydrogen-bond acceptors (Lipinski definition) is 3. The summed E-state index contributed by atoms with van der Waals surface area (Å²) in [4.78, 5) is 23.5. The second-order valence-electron chi connectivity index (χ2n) is 6.68. The Balaban J connectivity index is 1.41. The highest BCUT2D eigenvalue weighted by atomic mass is 19.4. The lowest BCUT2D eigenvalue weighted by Crippen LogP contribution is -2.23. The Labute approximate surface area is 167 Å². The van der Waals surface area contributed by atoms with Crippen LogP contribution in [0.4, 0.5) is 17.6 Å². The van der Waals surface area contributed by atoms with Crippen molar-refractivity contribution in [3.63, 3.8) is 0 Å². The van der Waals surface area contributed by atoms with Gasteiger partial charge in [0.1, 0.15) is 17.2 Å². The molecule has 3 aromatic heterocycles. The third kappa shape index (κ3) is 4.17. The van der Waals surface area contributed by atoms with Gasteiger partial charge in [0.05, 0.1) is 11.9 Å². The van der Waals surface area contributed by atoms with Gasteiger partial charge < -0.3 is 14.9 Å². The number of H-pyrrole nitrogens is 1. The number of nitrogens with zero attached hydrogens (tertiary/aromatic N) is 3. The quantitative estimate of drug-likeness (QED) is 0.484. The summed E-state index contributed by atoms with van der Waals surface area (Å²) in [6.07, 6.45) is 1.38. The van der Waals surface area contributed by atoms with Gasteiger partial charge in [-0.05, 0) is 35.4 Å². The van der Waals surface area contributed by atoms with E-state index >= 15 is 0 Å². The molecule has 0 atom stereocenters. The van der Waals surface area contributed by atoms with Crippen molar-refractivity contribution in [1.29, 1.82) is 0 Å². The van der Waals surface area contributed by atoms with Gasteiger partial charge >= 0.3 is 6.18 Å². The molecule has 3 heterocycles. The smallest absolute Gasteiger partial charge is 0.347 e. The van der Waals surface area contributed by atoms with Gasteiger partial charge in [-0.3, -0.25) is 4.79 Å². The number of amides is 1. The van der Waals surface area contributed by atoms with Crippen molar-refractivity contribution in [3.8, 4) is 0 Å². The first-order chi connectivity index (χ1) is 14.3. The molecule has 0 saturated carbocycles. The van der Waals surface area contributed by atoms with Gasteiger partial charge in [0.15, 0.2) is 0 Å². The molecule has 2 N–H and O–H groups in total. The van der Waals surface area contributed by atoms with Crippen LogP contribution in [0.2, 0.25) is 0 Å². The second-order valence-corrected chi connectivity index (χ2v) is 6.68. The molecule has 1 aromatic carbocycles. The minimum atomic E-state index is -4.78. The van der Waals surface area contributed by atoms with Gasteiger partial charge in [0.2, 0.25) is 0 Å². The molecule has 0 aliphatic rings. The monoisotopic (exact) mass is 417 g/mol. The van der Waals surface area contributed by atoms with Crippen molar-refractivity contribution in [2.24, 2.45) is 0 Å². The molecule has 0 bridgehead atoms. The fourth-order valence-electron chi connectivity index (χ4n) is 3.02. The summed E-state index contributed by atoms with van der Waals surface area (Å²) >= 11 is 0.